The number of halogens is 3. The van der Waals surface area contributed by atoms with Gasteiger partial charge in [0.1, 0.15) is 11.5 Å². The van der Waals surface area contributed by atoms with E-state index in [2.05, 4.69) is 29.0 Å². The first kappa shape index (κ1) is 22.8. The van der Waals surface area contributed by atoms with Crippen LogP contribution < -0.4 is 10.1 Å². The Morgan fingerprint density at radius 1 is 1.19 bits per heavy atom. The summed E-state index contributed by atoms with van der Waals surface area (Å²) < 4.78 is 42.7. The monoisotopic (exact) mass is 449 g/mol. The van der Waals surface area contributed by atoms with Crippen LogP contribution in [0.15, 0.2) is 36.7 Å². The number of Topliss-reactive ketones (excluding diaryl/α,β-unsaturated/α-hetero) is 1. The largest absolute Gasteiger partial charge is 0.573 e. The van der Waals surface area contributed by atoms with Gasteiger partial charge >= 0.3 is 6.36 Å². The third-order valence-electron chi connectivity index (χ3n) is 6.73. The van der Waals surface area contributed by atoms with E-state index in [0.717, 1.165) is 36.8 Å². The average Bonchev–Trinajstić information content (AvgIpc) is 3.21. The van der Waals surface area contributed by atoms with Crippen molar-refractivity contribution in [2.45, 2.75) is 70.9 Å². The SMILES string of the molecule is CC(C)C1C(=O)C2CCCCC2NC1c1cnn(CCc2ccc(OC(F)(F)F)cc2)c1. The number of carbonyl (C=O) groups is 1. The van der Waals surface area contributed by atoms with E-state index < -0.39 is 6.36 Å². The smallest absolute Gasteiger partial charge is 0.406 e. The van der Waals surface area contributed by atoms with Crippen LogP contribution in [0.2, 0.25) is 0 Å². The molecule has 1 saturated heterocycles. The fourth-order valence-electron chi connectivity index (χ4n) is 5.20. The van der Waals surface area contributed by atoms with Gasteiger partial charge in [0.25, 0.3) is 0 Å². The zero-order valence-corrected chi connectivity index (χ0v) is 18.4. The highest BCUT2D eigenvalue weighted by Gasteiger charge is 2.46. The molecule has 1 aliphatic carbocycles. The van der Waals surface area contributed by atoms with Crippen molar-refractivity contribution in [3.8, 4) is 5.75 Å². The quantitative estimate of drug-likeness (QED) is 0.669. The molecule has 174 valence electrons. The van der Waals surface area contributed by atoms with E-state index in [0.29, 0.717) is 18.7 Å². The van der Waals surface area contributed by atoms with Crippen LogP contribution in [-0.2, 0) is 17.8 Å². The van der Waals surface area contributed by atoms with Gasteiger partial charge in [0.15, 0.2) is 0 Å². The number of rotatable bonds is 6. The second-order valence-electron chi connectivity index (χ2n) is 9.29. The Morgan fingerprint density at radius 3 is 2.59 bits per heavy atom. The highest BCUT2D eigenvalue weighted by atomic mass is 19.4. The summed E-state index contributed by atoms with van der Waals surface area (Å²) in [5, 5.41) is 8.25. The maximum atomic E-state index is 13.3. The third-order valence-corrected chi connectivity index (χ3v) is 6.73. The Balaban J connectivity index is 1.42. The molecule has 1 saturated carbocycles. The molecule has 1 N–H and O–H groups in total. The number of nitrogens with zero attached hydrogens (tertiary/aromatic N) is 2. The predicted molar refractivity (Wildman–Crippen MR) is 114 cm³/mol. The molecule has 0 bridgehead atoms. The summed E-state index contributed by atoms with van der Waals surface area (Å²) in [4.78, 5) is 13.3. The van der Waals surface area contributed by atoms with Gasteiger partial charge in [-0.3, -0.25) is 9.48 Å². The van der Waals surface area contributed by atoms with Crippen molar-refractivity contribution in [1.82, 2.24) is 15.1 Å². The average molecular weight is 450 g/mol. The lowest BCUT2D eigenvalue weighted by Gasteiger charge is -2.45. The Bertz CT molecular complexity index is 923. The zero-order chi connectivity index (χ0) is 22.9. The van der Waals surface area contributed by atoms with E-state index in [1.54, 1.807) is 12.1 Å². The predicted octanol–water partition coefficient (Wildman–Crippen LogP) is 5.07. The third kappa shape index (κ3) is 5.17. The number of alkyl halides is 3. The molecule has 4 rings (SSSR count). The first-order chi connectivity index (χ1) is 15.2. The summed E-state index contributed by atoms with van der Waals surface area (Å²) in [5.74, 6) is 0.474. The maximum Gasteiger partial charge on any atom is 0.573 e. The molecule has 0 radical (unpaired) electrons. The van der Waals surface area contributed by atoms with Gasteiger partial charge in [-0.2, -0.15) is 5.10 Å². The van der Waals surface area contributed by atoms with Crippen LogP contribution in [0.25, 0.3) is 0 Å². The Labute approximate surface area is 186 Å². The standard InChI is InChI=1S/C24H30F3N3O2/c1-15(2)21-22(29-20-6-4-3-5-19(20)23(21)31)17-13-28-30(14-17)12-11-16-7-9-18(10-8-16)32-24(25,26)27/h7-10,13-15,19-22,29H,3-6,11-12H2,1-2H3. The number of aromatic nitrogens is 2. The highest BCUT2D eigenvalue weighted by molar-refractivity contribution is 5.86. The number of hydrogen-bond acceptors (Lipinski definition) is 4. The van der Waals surface area contributed by atoms with Crippen LogP contribution in [0.4, 0.5) is 13.2 Å². The molecule has 2 fully saturated rings. The topological polar surface area (TPSA) is 56.2 Å². The molecule has 4 unspecified atom stereocenters. The molecule has 4 atom stereocenters. The van der Waals surface area contributed by atoms with Crippen molar-refractivity contribution in [1.29, 1.82) is 0 Å². The van der Waals surface area contributed by atoms with Crippen LogP contribution in [0.1, 0.15) is 56.7 Å². The summed E-state index contributed by atoms with van der Waals surface area (Å²) in [5.41, 5.74) is 1.92. The lowest BCUT2D eigenvalue weighted by molar-refractivity contribution is -0.274. The first-order valence-electron chi connectivity index (χ1n) is 11.4. The number of benzene rings is 1. The number of aryl methyl sites for hydroxylation is 2. The Hall–Kier alpha value is -2.35. The molecule has 1 aromatic heterocycles. The number of ketones is 1. The summed E-state index contributed by atoms with van der Waals surface area (Å²) in [7, 11) is 0. The van der Waals surface area contributed by atoms with Gasteiger partial charge in [-0.25, -0.2) is 0 Å². The number of hydrogen-bond donors (Lipinski definition) is 1. The van der Waals surface area contributed by atoms with E-state index >= 15 is 0 Å². The van der Waals surface area contributed by atoms with Gasteiger partial charge in [0.2, 0.25) is 0 Å². The summed E-state index contributed by atoms with van der Waals surface area (Å²) >= 11 is 0. The molecule has 1 aromatic carbocycles. The number of piperidine rings is 1. The van der Waals surface area contributed by atoms with Crippen LogP contribution >= 0.6 is 0 Å². The van der Waals surface area contributed by atoms with E-state index in [1.807, 2.05) is 17.1 Å². The minimum absolute atomic E-state index is 0.0330. The highest BCUT2D eigenvalue weighted by Crippen LogP contribution is 2.41. The number of nitrogens with one attached hydrogen (secondary N) is 1. The van der Waals surface area contributed by atoms with Gasteiger partial charge in [0, 0.05) is 42.2 Å². The van der Waals surface area contributed by atoms with Crippen molar-refractivity contribution in [2.24, 2.45) is 17.8 Å². The van der Waals surface area contributed by atoms with Crippen molar-refractivity contribution in [2.75, 3.05) is 0 Å². The Kier molecular flexibility index (Phi) is 6.60. The molecular formula is C24H30F3N3O2. The lowest BCUT2D eigenvalue weighted by atomic mass is 9.68. The molecule has 8 heteroatoms. The van der Waals surface area contributed by atoms with Gasteiger partial charge in [0.05, 0.1) is 6.20 Å². The van der Waals surface area contributed by atoms with E-state index in [4.69, 9.17) is 0 Å². The maximum absolute atomic E-state index is 13.3. The van der Waals surface area contributed by atoms with E-state index in [1.165, 1.54) is 12.1 Å². The van der Waals surface area contributed by atoms with Gasteiger partial charge in [-0.15, -0.1) is 13.2 Å². The van der Waals surface area contributed by atoms with Crippen LogP contribution in [0.3, 0.4) is 0 Å². The molecule has 32 heavy (non-hydrogen) atoms. The first-order valence-corrected chi connectivity index (χ1v) is 11.4. The van der Waals surface area contributed by atoms with Crippen molar-refractivity contribution in [3.05, 3.63) is 47.8 Å². The molecule has 2 aliphatic rings. The molecule has 0 spiro atoms. The minimum Gasteiger partial charge on any atom is -0.406 e. The van der Waals surface area contributed by atoms with Crippen LogP contribution in [0, 0.1) is 17.8 Å². The van der Waals surface area contributed by atoms with Gasteiger partial charge in [-0.1, -0.05) is 38.8 Å². The number of fused-ring (bicyclic) bond motifs is 1. The molecule has 0 amide bonds. The zero-order valence-electron chi connectivity index (χ0n) is 18.4. The minimum atomic E-state index is -4.69. The number of ether oxygens (including phenoxy) is 1. The second kappa shape index (κ2) is 9.25. The fourth-order valence-corrected chi connectivity index (χ4v) is 5.20. The molecule has 2 heterocycles. The second-order valence-corrected chi connectivity index (χ2v) is 9.29. The summed E-state index contributed by atoms with van der Waals surface area (Å²) in [6.07, 6.45) is 4.08. The van der Waals surface area contributed by atoms with Crippen molar-refractivity contribution >= 4 is 5.78 Å². The van der Waals surface area contributed by atoms with E-state index in [-0.39, 0.29) is 35.6 Å². The van der Waals surface area contributed by atoms with Crippen LogP contribution in [-0.4, -0.2) is 28.0 Å². The molecule has 1 aliphatic heterocycles. The normalized spacial score (nSPS) is 26.2. The van der Waals surface area contributed by atoms with Gasteiger partial charge < -0.3 is 10.1 Å². The number of carbonyl (C=O) groups excluding carboxylic acids is 1. The fraction of sp³-hybridized carbons (Fsp3) is 0.583. The van der Waals surface area contributed by atoms with E-state index in [9.17, 15) is 18.0 Å². The molecular weight excluding hydrogens is 419 g/mol. The summed E-state index contributed by atoms with van der Waals surface area (Å²) in [6, 6.07) is 6.12. The Morgan fingerprint density at radius 2 is 1.91 bits per heavy atom. The molecule has 2 aromatic rings. The molecule has 5 nitrogen and oxygen atoms in total. The summed E-state index contributed by atoms with van der Waals surface area (Å²) in [6.45, 7) is 4.81. The van der Waals surface area contributed by atoms with Crippen molar-refractivity contribution < 1.29 is 22.7 Å². The lowest BCUT2D eigenvalue weighted by Crippen LogP contribution is -2.55. The van der Waals surface area contributed by atoms with Crippen molar-refractivity contribution in [3.63, 3.8) is 0 Å². The van der Waals surface area contributed by atoms with Gasteiger partial charge in [-0.05, 0) is 42.9 Å². The van der Waals surface area contributed by atoms with Crippen LogP contribution in [0.5, 0.6) is 5.75 Å².